The number of fused-ring (bicyclic) bond motifs is 1. The van der Waals surface area contributed by atoms with Crippen LogP contribution in [-0.2, 0) is 9.59 Å². The number of piperazine rings is 1. The molecule has 2 fully saturated rings. The van der Waals surface area contributed by atoms with E-state index in [-0.39, 0.29) is 41.7 Å². The van der Waals surface area contributed by atoms with Gasteiger partial charge in [-0.3, -0.25) is 29.4 Å². The van der Waals surface area contributed by atoms with E-state index in [1.165, 1.54) is 6.07 Å². The number of hydrogen-bond acceptors (Lipinski definition) is 6. The molecule has 3 atom stereocenters. The molecule has 1 aromatic rings. The number of rotatable bonds is 2. The molecule has 4 amide bonds. The fourth-order valence-corrected chi connectivity index (χ4v) is 4.24. The van der Waals surface area contributed by atoms with Gasteiger partial charge in [-0.15, -0.1) is 0 Å². The second-order valence-corrected chi connectivity index (χ2v) is 7.67. The summed E-state index contributed by atoms with van der Waals surface area (Å²) in [4.78, 5) is 51.8. The molecule has 0 bridgehead atoms. The van der Waals surface area contributed by atoms with Gasteiger partial charge in [0.1, 0.15) is 11.9 Å². The number of benzene rings is 1. The molecule has 0 saturated carbocycles. The van der Waals surface area contributed by atoms with Crippen LogP contribution in [0.5, 0.6) is 0 Å². The topological polar surface area (TPSA) is 98.8 Å². The zero-order chi connectivity index (χ0) is 20.2. The molecule has 0 aliphatic carbocycles. The van der Waals surface area contributed by atoms with Crippen molar-refractivity contribution in [2.45, 2.75) is 44.8 Å². The Kier molecular flexibility index (Phi) is 4.41. The molecule has 8 nitrogen and oxygen atoms in total. The normalized spacial score (nSPS) is 27.9. The van der Waals surface area contributed by atoms with E-state index in [9.17, 15) is 23.6 Å². The molecule has 3 aliphatic rings. The highest BCUT2D eigenvalue weighted by Crippen LogP contribution is 2.33. The summed E-state index contributed by atoms with van der Waals surface area (Å²) in [5.74, 6) is -3.04. The molecule has 28 heavy (non-hydrogen) atoms. The maximum atomic E-state index is 14.8. The molecule has 2 N–H and O–H groups in total. The zero-order valence-electron chi connectivity index (χ0n) is 15.6. The third-order valence-electron chi connectivity index (χ3n) is 5.41. The first-order valence-corrected chi connectivity index (χ1v) is 9.32. The van der Waals surface area contributed by atoms with Crippen molar-refractivity contribution in [3.63, 3.8) is 0 Å². The molecular formula is C19H21FN4O4. The summed E-state index contributed by atoms with van der Waals surface area (Å²) in [5, 5.41) is 5.50. The van der Waals surface area contributed by atoms with E-state index >= 15 is 0 Å². The Labute approximate surface area is 161 Å². The molecule has 0 aromatic heterocycles. The number of halogens is 1. The predicted octanol–water partition coefficient (Wildman–Crippen LogP) is 0.413. The monoisotopic (exact) mass is 388 g/mol. The molecule has 1 aromatic carbocycles. The van der Waals surface area contributed by atoms with E-state index < -0.39 is 35.5 Å². The van der Waals surface area contributed by atoms with E-state index in [0.717, 1.165) is 11.0 Å². The summed E-state index contributed by atoms with van der Waals surface area (Å²) in [6.07, 6.45) is 0.109. The van der Waals surface area contributed by atoms with Crippen molar-refractivity contribution in [1.29, 1.82) is 0 Å². The Hall–Kier alpha value is -2.81. The minimum absolute atomic E-state index is 0.0416. The summed E-state index contributed by atoms with van der Waals surface area (Å²) in [7, 11) is 0. The van der Waals surface area contributed by atoms with E-state index in [2.05, 4.69) is 10.6 Å². The quantitative estimate of drug-likeness (QED) is 0.713. The third kappa shape index (κ3) is 2.95. The average Bonchev–Trinajstić information content (AvgIpc) is 2.84. The molecule has 0 spiro atoms. The van der Waals surface area contributed by atoms with Crippen molar-refractivity contribution in [2.24, 2.45) is 0 Å². The highest BCUT2D eigenvalue weighted by Gasteiger charge is 2.45. The van der Waals surface area contributed by atoms with Crippen LogP contribution in [0.3, 0.4) is 0 Å². The van der Waals surface area contributed by atoms with Crippen molar-refractivity contribution in [1.82, 2.24) is 15.5 Å². The Morgan fingerprint density at radius 1 is 1.00 bits per heavy atom. The first-order valence-electron chi connectivity index (χ1n) is 9.32. The summed E-state index contributed by atoms with van der Waals surface area (Å²) >= 11 is 0. The molecule has 3 aliphatic heterocycles. The van der Waals surface area contributed by atoms with Crippen LogP contribution >= 0.6 is 0 Å². The maximum Gasteiger partial charge on any atom is 0.262 e. The van der Waals surface area contributed by atoms with Crippen molar-refractivity contribution in [3.05, 3.63) is 29.1 Å². The molecule has 4 rings (SSSR count). The number of piperidine rings is 1. The van der Waals surface area contributed by atoms with Crippen LogP contribution in [0, 0.1) is 5.82 Å². The molecule has 3 unspecified atom stereocenters. The van der Waals surface area contributed by atoms with Crippen LogP contribution in [0.2, 0.25) is 0 Å². The average molecular weight is 388 g/mol. The minimum Gasteiger partial charge on any atom is -0.366 e. The van der Waals surface area contributed by atoms with Crippen molar-refractivity contribution >= 4 is 29.3 Å². The number of nitrogens with zero attached hydrogens (tertiary/aromatic N) is 2. The number of carbonyl (C=O) groups is 4. The Balaban J connectivity index is 1.67. The van der Waals surface area contributed by atoms with Gasteiger partial charge in [-0.2, -0.15) is 0 Å². The van der Waals surface area contributed by atoms with Crippen molar-refractivity contribution in [3.8, 4) is 0 Å². The highest BCUT2D eigenvalue weighted by molar-refractivity contribution is 6.23. The van der Waals surface area contributed by atoms with Gasteiger partial charge in [0.25, 0.3) is 11.8 Å². The number of imide groups is 2. The predicted molar refractivity (Wildman–Crippen MR) is 97.3 cm³/mol. The Morgan fingerprint density at radius 2 is 1.61 bits per heavy atom. The van der Waals surface area contributed by atoms with Gasteiger partial charge in [0.15, 0.2) is 0 Å². The molecule has 9 heteroatoms. The lowest BCUT2D eigenvalue weighted by Crippen LogP contribution is -2.54. The summed E-state index contributed by atoms with van der Waals surface area (Å²) in [6.45, 7) is 5.12. The van der Waals surface area contributed by atoms with Crippen LogP contribution in [0.4, 0.5) is 10.1 Å². The van der Waals surface area contributed by atoms with Crippen LogP contribution < -0.4 is 15.5 Å². The summed E-state index contributed by atoms with van der Waals surface area (Å²) < 4.78 is 14.8. The van der Waals surface area contributed by atoms with Crippen molar-refractivity contribution < 1.29 is 23.6 Å². The Morgan fingerprint density at radius 3 is 2.21 bits per heavy atom. The van der Waals surface area contributed by atoms with E-state index in [0.29, 0.717) is 13.1 Å². The first kappa shape index (κ1) is 18.5. The van der Waals surface area contributed by atoms with Crippen LogP contribution in [0.1, 0.15) is 47.4 Å². The van der Waals surface area contributed by atoms with Gasteiger partial charge in [0.2, 0.25) is 11.8 Å². The first-order chi connectivity index (χ1) is 13.3. The second-order valence-electron chi connectivity index (χ2n) is 7.67. The van der Waals surface area contributed by atoms with E-state index in [1.54, 1.807) is 0 Å². The van der Waals surface area contributed by atoms with Gasteiger partial charge in [-0.05, 0) is 32.4 Å². The maximum absolute atomic E-state index is 14.8. The largest absolute Gasteiger partial charge is 0.366 e. The van der Waals surface area contributed by atoms with Crippen LogP contribution in [-0.4, -0.2) is 59.7 Å². The van der Waals surface area contributed by atoms with E-state index in [1.807, 2.05) is 18.7 Å². The molecule has 3 heterocycles. The highest BCUT2D eigenvalue weighted by atomic mass is 19.1. The lowest BCUT2D eigenvalue weighted by Gasteiger charge is -2.37. The Bertz CT molecular complexity index is 892. The molecule has 0 radical (unpaired) electrons. The van der Waals surface area contributed by atoms with E-state index in [4.69, 9.17) is 0 Å². The van der Waals surface area contributed by atoms with Gasteiger partial charge >= 0.3 is 0 Å². The van der Waals surface area contributed by atoms with Crippen LogP contribution in [0.15, 0.2) is 12.1 Å². The lowest BCUT2D eigenvalue weighted by molar-refractivity contribution is -0.136. The minimum atomic E-state index is -1.06. The summed E-state index contributed by atoms with van der Waals surface area (Å²) in [5.41, 5.74) is 0.308. The second kappa shape index (κ2) is 6.66. The number of amides is 4. The number of hydrogen-bond donors (Lipinski definition) is 2. The van der Waals surface area contributed by atoms with Crippen LogP contribution in [0.25, 0.3) is 0 Å². The molecular weight excluding hydrogens is 367 g/mol. The zero-order valence-corrected chi connectivity index (χ0v) is 15.6. The number of carbonyl (C=O) groups excluding carboxylic acids is 4. The molecule has 2 saturated heterocycles. The van der Waals surface area contributed by atoms with Gasteiger partial charge in [-0.1, -0.05) is 0 Å². The number of nitrogens with one attached hydrogen (secondary N) is 2. The SMILES string of the molecule is CC1CN(c2cc3c(cc2F)C(=O)N(C2CCC(=O)NC2=O)C3=O)CC(C)N1. The van der Waals surface area contributed by atoms with Gasteiger partial charge in [0.05, 0.1) is 16.8 Å². The smallest absolute Gasteiger partial charge is 0.262 e. The van der Waals surface area contributed by atoms with Gasteiger partial charge in [-0.25, -0.2) is 4.39 Å². The lowest BCUT2D eigenvalue weighted by atomic mass is 10.0. The standard InChI is InChI=1S/C19H21FN4O4/c1-9-7-23(8-10(2)21-9)15-6-12-11(5-13(15)20)18(27)24(19(12)28)14-3-4-16(25)22-17(14)26/h5-6,9-10,14,21H,3-4,7-8H2,1-2H3,(H,22,25,26). The van der Waals surface area contributed by atoms with Gasteiger partial charge in [0, 0.05) is 31.6 Å². The number of anilines is 1. The fraction of sp³-hybridized carbons (Fsp3) is 0.474. The van der Waals surface area contributed by atoms with Crippen molar-refractivity contribution in [2.75, 3.05) is 18.0 Å². The summed E-state index contributed by atoms with van der Waals surface area (Å²) in [6, 6.07) is 1.72. The fourth-order valence-electron chi connectivity index (χ4n) is 4.24. The molecule has 148 valence electrons. The van der Waals surface area contributed by atoms with Gasteiger partial charge < -0.3 is 10.2 Å². The third-order valence-corrected chi connectivity index (χ3v) is 5.41.